The molecule has 2 heterocycles. The summed E-state index contributed by atoms with van der Waals surface area (Å²) in [6.07, 6.45) is 0. The number of amides is 4. The highest BCUT2D eigenvalue weighted by molar-refractivity contribution is 7.22. The lowest BCUT2D eigenvalue weighted by atomic mass is 10.1. The summed E-state index contributed by atoms with van der Waals surface area (Å²) in [6, 6.07) is 11.4. The van der Waals surface area contributed by atoms with E-state index >= 15 is 0 Å². The smallest absolute Gasteiger partial charge is 0.262 e. The Balaban J connectivity index is 1.77. The Bertz CT molecular complexity index is 1100. The van der Waals surface area contributed by atoms with E-state index in [1.165, 1.54) is 18.2 Å². The molecule has 0 aliphatic carbocycles. The second kappa shape index (κ2) is 6.26. The monoisotopic (exact) mass is 399 g/mol. The van der Waals surface area contributed by atoms with E-state index in [0.717, 1.165) is 16.0 Å². The number of piperazine rings is 1. The van der Waals surface area contributed by atoms with Gasteiger partial charge in [0, 0.05) is 5.02 Å². The maximum atomic E-state index is 12.6. The van der Waals surface area contributed by atoms with Gasteiger partial charge in [0.2, 0.25) is 5.13 Å². The topological polar surface area (TPSA) is 87.7 Å². The molecule has 1 saturated heterocycles. The molecule has 134 valence electrons. The van der Waals surface area contributed by atoms with Gasteiger partial charge in [0.05, 0.1) is 15.9 Å². The molecule has 27 heavy (non-hydrogen) atoms. The first-order valence-corrected chi connectivity index (χ1v) is 8.96. The average Bonchev–Trinajstić information content (AvgIpc) is 3.05. The van der Waals surface area contributed by atoms with Gasteiger partial charge in [-0.05, 0) is 42.8 Å². The van der Waals surface area contributed by atoms with Crippen LogP contribution >= 0.6 is 22.9 Å². The molecule has 0 bridgehead atoms. The van der Waals surface area contributed by atoms with Crippen molar-refractivity contribution in [2.24, 2.45) is 0 Å². The highest BCUT2D eigenvalue weighted by Crippen LogP contribution is 2.32. The van der Waals surface area contributed by atoms with Gasteiger partial charge in [-0.2, -0.15) is 0 Å². The molecule has 0 N–H and O–H groups in total. The van der Waals surface area contributed by atoms with E-state index in [1.54, 1.807) is 31.2 Å². The van der Waals surface area contributed by atoms with Crippen LogP contribution in [0.1, 0.15) is 5.56 Å². The van der Waals surface area contributed by atoms with E-state index in [-0.39, 0.29) is 10.8 Å². The van der Waals surface area contributed by atoms with E-state index in [4.69, 9.17) is 11.6 Å². The van der Waals surface area contributed by atoms with Gasteiger partial charge in [0.15, 0.2) is 0 Å². The van der Waals surface area contributed by atoms with Crippen LogP contribution in [0.4, 0.5) is 10.8 Å². The number of carbonyl (C=O) groups excluding carboxylic acids is 4. The second-order valence-electron chi connectivity index (χ2n) is 5.79. The van der Waals surface area contributed by atoms with Gasteiger partial charge >= 0.3 is 23.6 Å². The summed E-state index contributed by atoms with van der Waals surface area (Å²) in [5.74, 6) is -4.51. The Hall–Kier alpha value is -3.10. The summed E-state index contributed by atoms with van der Waals surface area (Å²) in [4.78, 5) is 55.8. The van der Waals surface area contributed by atoms with Gasteiger partial charge in [0.25, 0.3) is 0 Å². The molecule has 4 amide bonds. The van der Waals surface area contributed by atoms with Crippen LogP contribution < -0.4 is 9.80 Å². The number of rotatable bonds is 2. The van der Waals surface area contributed by atoms with Crippen molar-refractivity contribution in [2.45, 2.75) is 6.92 Å². The molecule has 0 saturated carbocycles. The van der Waals surface area contributed by atoms with E-state index in [2.05, 4.69) is 4.98 Å². The molecule has 0 atom stereocenters. The molecule has 0 radical (unpaired) electrons. The normalized spacial score (nSPS) is 15.2. The number of hydrogen-bond acceptors (Lipinski definition) is 6. The molecule has 4 rings (SSSR count). The minimum atomic E-state index is -1.13. The fourth-order valence-electron chi connectivity index (χ4n) is 2.79. The summed E-state index contributed by atoms with van der Waals surface area (Å²) in [5.41, 5.74) is 1.19. The van der Waals surface area contributed by atoms with Gasteiger partial charge < -0.3 is 0 Å². The molecule has 7 nitrogen and oxygen atoms in total. The number of thiazole rings is 1. The predicted molar refractivity (Wildman–Crippen MR) is 101 cm³/mol. The third-order valence-corrected chi connectivity index (χ3v) is 5.31. The highest BCUT2D eigenvalue weighted by atomic mass is 35.5. The molecule has 0 spiro atoms. The number of anilines is 2. The molecule has 3 aromatic rings. The van der Waals surface area contributed by atoms with Crippen LogP contribution in [-0.2, 0) is 19.2 Å². The molecule has 0 unspecified atom stereocenters. The highest BCUT2D eigenvalue weighted by Gasteiger charge is 2.48. The zero-order valence-corrected chi connectivity index (χ0v) is 15.4. The van der Waals surface area contributed by atoms with Crippen molar-refractivity contribution in [3.63, 3.8) is 0 Å². The molecular weight excluding hydrogens is 390 g/mol. The maximum absolute atomic E-state index is 12.6. The fourth-order valence-corrected chi connectivity index (χ4v) is 3.97. The van der Waals surface area contributed by atoms with Crippen LogP contribution in [0.5, 0.6) is 0 Å². The van der Waals surface area contributed by atoms with E-state index in [9.17, 15) is 19.2 Å². The van der Waals surface area contributed by atoms with Crippen LogP contribution in [-0.4, -0.2) is 28.6 Å². The Morgan fingerprint density at radius 3 is 2.15 bits per heavy atom. The minimum absolute atomic E-state index is 0.0135. The molecule has 1 aliphatic heterocycles. The first-order valence-electron chi connectivity index (χ1n) is 7.77. The molecule has 9 heteroatoms. The number of para-hydroxylation sites is 1. The lowest BCUT2D eigenvalue weighted by Gasteiger charge is -2.29. The number of imide groups is 2. The van der Waals surface area contributed by atoms with Gasteiger partial charge in [-0.1, -0.05) is 35.1 Å². The number of aromatic nitrogens is 1. The summed E-state index contributed by atoms with van der Waals surface area (Å²) in [5, 5.41) is 0.391. The van der Waals surface area contributed by atoms with Crippen molar-refractivity contribution in [1.82, 2.24) is 4.98 Å². The molecule has 1 aliphatic rings. The van der Waals surface area contributed by atoms with E-state index < -0.39 is 23.6 Å². The molecule has 1 aromatic heterocycles. The van der Waals surface area contributed by atoms with Gasteiger partial charge in [0.1, 0.15) is 0 Å². The quantitative estimate of drug-likeness (QED) is 0.488. The SMILES string of the molecule is Cc1cc(Cl)ccc1N1C(=O)C(=O)N(c2nc3ccccc3s2)C(=O)C1=O. The van der Waals surface area contributed by atoms with E-state index in [1.807, 2.05) is 0 Å². The van der Waals surface area contributed by atoms with Crippen molar-refractivity contribution in [1.29, 1.82) is 0 Å². The van der Waals surface area contributed by atoms with Crippen molar-refractivity contribution in [3.05, 3.63) is 53.1 Å². The van der Waals surface area contributed by atoms with Crippen LogP contribution in [0.25, 0.3) is 10.2 Å². The van der Waals surface area contributed by atoms with Crippen molar-refractivity contribution in [2.75, 3.05) is 9.80 Å². The van der Waals surface area contributed by atoms with Crippen molar-refractivity contribution in [3.8, 4) is 0 Å². The fraction of sp³-hybridized carbons (Fsp3) is 0.0556. The first kappa shape index (κ1) is 17.3. The Kier molecular flexibility index (Phi) is 4.01. The largest absolute Gasteiger partial charge is 0.326 e. The Labute approximate surface area is 161 Å². The van der Waals surface area contributed by atoms with Gasteiger partial charge in [-0.3, -0.25) is 19.2 Å². The lowest BCUT2D eigenvalue weighted by molar-refractivity contribution is -0.147. The van der Waals surface area contributed by atoms with Crippen molar-refractivity contribution >= 4 is 67.6 Å². The van der Waals surface area contributed by atoms with Crippen LogP contribution in [0, 0.1) is 6.92 Å². The number of hydrogen-bond donors (Lipinski definition) is 0. The zero-order valence-electron chi connectivity index (χ0n) is 13.8. The summed E-state index contributed by atoms with van der Waals surface area (Å²) >= 11 is 6.94. The van der Waals surface area contributed by atoms with Crippen molar-refractivity contribution < 1.29 is 19.2 Å². The number of fused-ring (bicyclic) bond motifs is 1. The van der Waals surface area contributed by atoms with E-state index in [0.29, 0.717) is 25.9 Å². The molecule has 2 aromatic carbocycles. The maximum Gasteiger partial charge on any atom is 0.326 e. The third-order valence-electron chi connectivity index (χ3n) is 4.05. The van der Waals surface area contributed by atoms with Crippen LogP contribution in [0.2, 0.25) is 5.02 Å². The number of aryl methyl sites for hydroxylation is 1. The zero-order chi connectivity index (χ0) is 19.3. The standard InChI is InChI=1S/C18H10ClN3O4S/c1-9-8-10(19)6-7-12(9)21-14(23)16(25)22(17(26)15(21)24)18-20-11-4-2-3-5-13(11)27-18/h2-8H,1H3. The summed E-state index contributed by atoms with van der Waals surface area (Å²) in [7, 11) is 0. The van der Waals surface area contributed by atoms with Crippen LogP contribution in [0.15, 0.2) is 42.5 Å². The summed E-state index contributed by atoms with van der Waals surface area (Å²) in [6.45, 7) is 1.62. The third kappa shape index (κ3) is 2.70. The number of benzene rings is 2. The van der Waals surface area contributed by atoms with Crippen LogP contribution in [0.3, 0.4) is 0 Å². The molecular formula is C18H10ClN3O4S. The average molecular weight is 400 g/mol. The number of halogens is 1. The number of nitrogens with zero attached hydrogens (tertiary/aromatic N) is 3. The Morgan fingerprint density at radius 2 is 1.52 bits per heavy atom. The van der Waals surface area contributed by atoms with Gasteiger partial charge in [-0.15, -0.1) is 0 Å². The second-order valence-corrected chi connectivity index (χ2v) is 7.23. The minimum Gasteiger partial charge on any atom is -0.262 e. The lowest BCUT2D eigenvalue weighted by Crippen LogP contribution is -2.61. The van der Waals surface area contributed by atoms with Gasteiger partial charge in [-0.25, -0.2) is 14.8 Å². The molecule has 1 fully saturated rings. The number of carbonyl (C=O) groups is 4. The predicted octanol–water partition coefficient (Wildman–Crippen LogP) is 2.69. The first-order chi connectivity index (χ1) is 12.9. The summed E-state index contributed by atoms with van der Waals surface area (Å²) < 4.78 is 0.726. The Morgan fingerprint density at radius 1 is 0.889 bits per heavy atom.